The predicted molar refractivity (Wildman–Crippen MR) is 65.4 cm³/mol. The normalized spacial score (nSPS) is 12.0. The SMILES string of the molecule is CC(C)c1c(C(=O)O)nnn1CCCS(C)(=O)=O. The van der Waals surface area contributed by atoms with Gasteiger partial charge in [0.25, 0.3) is 0 Å². The van der Waals surface area contributed by atoms with Crippen molar-refractivity contribution in [2.75, 3.05) is 12.0 Å². The first-order chi connectivity index (χ1) is 8.22. The van der Waals surface area contributed by atoms with Crippen LogP contribution < -0.4 is 0 Å². The first kappa shape index (κ1) is 14.6. The Morgan fingerprint density at radius 2 is 2.06 bits per heavy atom. The molecular formula is C10H17N3O4S. The van der Waals surface area contributed by atoms with E-state index in [0.717, 1.165) is 0 Å². The van der Waals surface area contributed by atoms with Gasteiger partial charge in [-0.15, -0.1) is 5.10 Å². The van der Waals surface area contributed by atoms with E-state index >= 15 is 0 Å². The Kier molecular flexibility index (Phi) is 4.44. The van der Waals surface area contributed by atoms with Crippen LogP contribution in [0.15, 0.2) is 0 Å². The molecule has 18 heavy (non-hydrogen) atoms. The number of aromatic carboxylic acids is 1. The van der Waals surface area contributed by atoms with E-state index in [1.165, 1.54) is 10.9 Å². The zero-order chi connectivity index (χ0) is 13.9. The molecule has 1 heterocycles. The molecule has 0 aliphatic carbocycles. The third kappa shape index (κ3) is 3.80. The highest BCUT2D eigenvalue weighted by Gasteiger charge is 2.21. The summed E-state index contributed by atoms with van der Waals surface area (Å²) in [5.41, 5.74) is 0.459. The third-order valence-corrected chi connectivity index (χ3v) is 3.44. The van der Waals surface area contributed by atoms with Crippen molar-refractivity contribution in [1.82, 2.24) is 15.0 Å². The van der Waals surface area contributed by atoms with Gasteiger partial charge in [0.15, 0.2) is 5.69 Å². The first-order valence-corrected chi connectivity index (χ1v) is 7.63. The van der Waals surface area contributed by atoms with E-state index in [1.54, 1.807) is 0 Å². The van der Waals surface area contributed by atoms with Crippen LogP contribution in [-0.4, -0.2) is 46.5 Å². The molecule has 0 aromatic carbocycles. The monoisotopic (exact) mass is 275 g/mol. The van der Waals surface area contributed by atoms with Crippen LogP contribution in [0.1, 0.15) is 42.4 Å². The first-order valence-electron chi connectivity index (χ1n) is 5.56. The van der Waals surface area contributed by atoms with E-state index in [9.17, 15) is 13.2 Å². The Morgan fingerprint density at radius 1 is 1.44 bits per heavy atom. The number of hydrogen-bond acceptors (Lipinski definition) is 5. The molecule has 0 radical (unpaired) electrons. The van der Waals surface area contributed by atoms with E-state index in [0.29, 0.717) is 18.7 Å². The van der Waals surface area contributed by atoms with Gasteiger partial charge in [0, 0.05) is 12.8 Å². The standard InChI is InChI=1S/C10H17N3O4S/c1-7(2)9-8(10(14)15)11-12-13(9)5-4-6-18(3,16)17/h7H,4-6H2,1-3H3,(H,14,15). The lowest BCUT2D eigenvalue weighted by molar-refractivity contribution is 0.0688. The highest BCUT2D eigenvalue weighted by atomic mass is 32.2. The number of carboxylic acids is 1. The molecule has 102 valence electrons. The lowest BCUT2D eigenvalue weighted by atomic mass is 10.1. The van der Waals surface area contributed by atoms with Gasteiger partial charge in [-0.25, -0.2) is 17.9 Å². The molecule has 0 bridgehead atoms. The number of rotatable bonds is 6. The second-order valence-corrected chi connectivity index (χ2v) is 6.75. The molecule has 0 saturated heterocycles. The molecule has 0 amide bonds. The van der Waals surface area contributed by atoms with Crippen LogP contribution in [0.25, 0.3) is 0 Å². The number of aromatic nitrogens is 3. The Morgan fingerprint density at radius 3 is 2.50 bits per heavy atom. The average Bonchev–Trinajstić information content (AvgIpc) is 2.59. The van der Waals surface area contributed by atoms with Crippen molar-refractivity contribution in [3.8, 4) is 0 Å². The molecule has 1 aromatic rings. The van der Waals surface area contributed by atoms with Gasteiger partial charge in [0.2, 0.25) is 0 Å². The van der Waals surface area contributed by atoms with Gasteiger partial charge in [0.05, 0.1) is 11.4 Å². The molecule has 1 N–H and O–H groups in total. The van der Waals surface area contributed by atoms with Crippen LogP contribution in [0.5, 0.6) is 0 Å². The van der Waals surface area contributed by atoms with Crippen molar-refractivity contribution in [1.29, 1.82) is 0 Å². The number of carboxylic acid groups (broad SMARTS) is 1. The average molecular weight is 275 g/mol. The van der Waals surface area contributed by atoms with Gasteiger partial charge in [-0.05, 0) is 12.3 Å². The largest absolute Gasteiger partial charge is 0.476 e. The summed E-state index contributed by atoms with van der Waals surface area (Å²) < 4.78 is 23.5. The second kappa shape index (κ2) is 5.47. The minimum atomic E-state index is -3.01. The molecule has 0 atom stereocenters. The van der Waals surface area contributed by atoms with Crippen LogP contribution in [0.2, 0.25) is 0 Å². The van der Waals surface area contributed by atoms with Gasteiger partial charge in [-0.1, -0.05) is 19.1 Å². The topological polar surface area (TPSA) is 102 Å². The summed E-state index contributed by atoms with van der Waals surface area (Å²) in [4.78, 5) is 11.0. The lowest BCUT2D eigenvalue weighted by Crippen LogP contribution is -2.13. The zero-order valence-electron chi connectivity index (χ0n) is 10.6. The Bertz CT molecular complexity index is 533. The molecule has 0 spiro atoms. The van der Waals surface area contributed by atoms with Crippen molar-refractivity contribution < 1.29 is 18.3 Å². The number of hydrogen-bond donors (Lipinski definition) is 1. The van der Waals surface area contributed by atoms with Crippen molar-refractivity contribution in [3.05, 3.63) is 11.4 Å². The maximum absolute atomic E-state index is 11.0. The summed E-state index contributed by atoms with van der Waals surface area (Å²) in [5, 5.41) is 16.4. The molecule has 0 aliphatic rings. The summed E-state index contributed by atoms with van der Waals surface area (Å²) in [6, 6.07) is 0. The summed E-state index contributed by atoms with van der Waals surface area (Å²) in [6.45, 7) is 4.04. The van der Waals surface area contributed by atoms with Crippen molar-refractivity contribution >= 4 is 15.8 Å². The second-order valence-electron chi connectivity index (χ2n) is 4.49. The number of nitrogens with zero attached hydrogens (tertiary/aromatic N) is 3. The molecule has 0 aliphatic heterocycles. The third-order valence-electron chi connectivity index (χ3n) is 2.41. The zero-order valence-corrected chi connectivity index (χ0v) is 11.4. The molecule has 1 aromatic heterocycles. The molecule has 7 nitrogen and oxygen atoms in total. The minimum absolute atomic E-state index is 0.0377. The fraction of sp³-hybridized carbons (Fsp3) is 0.700. The van der Waals surface area contributed by atoms with Crippen molar-refractivity contribution in [2.24, 2.45) is 0 Å². The quantitative estimate of drug-likeness (QED) is 0.812. The van der Waals surface area contributed by atoms with Crippen molar-refractivity contribution in [3.63, 3.8) is 0 Å². The minimum Gasteiger partial charge on any atom is -0.476 e. The van der Waals surface area contributed by atoms with Gasteiger partial charge in [0.1, 0.15) is 9.84 Å². The van der Waals surface area contributed by atoms with Gasteiger partial charge in [-0.2, -0.15) is 0 Å². The summed E-state index contributed by atoms with van der Waals surface area (Å²) in [6.07, 6.45) is 1.56. The summed E-state index contributed by atoms with van der Waals surface area (Å²) in [5.74, 6) is -1.11. The Hall–Kier alpha value is -1.44. The van der Waals surface area contributed by atoms with E-state index in [4.69, 9.17) is 5.11 Å². The summed E-state index contributed by atoms with van der Waals surface area (Å²) in [7, 11) is -3.01. The fourth-order valence-electron chi connectivity index (χ4n) is 1.69. The molecule has 8 heteroatoms. The maximum Gasteiger partial charge on any atom is 0.358 e. The number of aryl methyl sites for hydroxylation is 1. The van der Waals surface area contributed by atoms with Crippen LogP contribution in [0.4, 0.5) is 0 Å². The van der Waals surface area contributed by atoms with E-state index < -0.39 is 15.8 Å². The molecule has 0 unspecified atom stereocenters. The number of sulfone groups is 1. The van der Waals surface area contributed by atoms with Crippen LogP contribution in [0.3, 0.4) is 0 Å². The van der Waals surface area contributed by atoms with E-state index in [-0.39, 0.29) is 17.4 Å². The Labute approximate surface area is 106 Å². The summed E-state index contributed by atoms with van der Waals surface area (Å²) >= 11 is 0. The molecule has 0 saturated carbocycles. The Balaban J connectivity index is 2.86. The van der Waals surface area contributed by atoms with Gasteiger partial charge < -0.3 is 5.11 Å². The molecule has 1 rings (SSSR count). The van der Waals surface area contributed by atoms with E-state index in [2.05, 4.69) is 10.3 Å². The van der Waals surface area contributed by atoms with Crippen LogP contribution >= 0.6 is 0 Å². The smallest absolute Gasteiger partial charge is 0.358 e. The highest BCUT2D eigenvalue weighted by molar-refractivity contribution is 7.90. The predicted octanol–water partition coefficient (Wildman–Crippen LogP) is 0.534. The van der Waals surface area contributed by atoms with Gasteiger partial charge in [-0.3, -0.25) is 0 Å². The number of carbonyl (C=O) groups is 1. The maximum atomic E-state index is 11.0. The molecular weight excluding hydrogens is 258 g/mol. The van der Waals surface area contributed by atoms with Crippen LogP contribution in [-0.2, 0) is 16.4 Å². The lowest BCUT2D eigenvalue weighted by Gasteiger charge is -2.09. The highest BCUT2D eigenvalue weighted by Crippen LogP contribution is 2.17. The fourth-order valence-corrected chi connectivity index (χ4v) is 2.34. The van der Waals surface area contributed by atoms with Crippen molar-refractivity contribution in [2.45, 2.75) is 32.7 Å². The van der Waals surface area contributed by atoms with Crippen LogP contribution in [0, 0.1) is 0 Å². The van der Waals surface area contributed by atoms with E-state index in [1.807, 2.05) is 13.8 Å². The van der Waals surface area contributed by atoms with Gasteiger partial charge >= 0.3 is 5.97 Å². The molecule has 0 fully saturated rings.